The molecule has 0 aliphatic carbocycles. The lowest BCUT2D eigenvalue weighted by molar-refractivity contribution is 0.0920. The normalized spacial score (nSPS) is 13.6. The van der Waals surface area contributed by atoms with Gasteiger partial charge in [-0.1, -0.05) is 64.7 Å². The lowest BCUT2D eigenvalue weighted by Crippen LogP contribution is -2.45. The van der Waals surface area contributed by atoms with E-state index in [1.807, 2.05) is 36.4 Å². The van der Waals surface area contributed by atoms with Crippen LogP contribution in [-0.4, -0.2) is 61.4 Å². The highest BCUT2D eigenvalue weighted by Gasteiger charge is 2.24. The van der Waals surface area contributed by atoms with Gasteiger partial charge in [-0.15, -0.1) is 5.10 Å². The molecule has 1 saturated heterocycles. The molecule has 218 valence electrons. The minimum atomic E-state index is -0.368. The summed E-state index contributed by atoms with van der Waals surface area (Å²) in [4.78, 5) is 28.5. The smallest absolute Gasteiger partial charge is 0.270 e. The Morgan fingerprint density at radius 1 is 0.907 bits per heavy atom. The van der Waals surface area contributed by atoms with E-state index >= 15 is 0 Å². The summed E-state index contributed by atoms with van der Waals surface area (Å²) in [6.45, 7) is 2.02. The van der Waals surface area contributed by atoms with Crippen molar-refractivity contribution in [2.45, 2.75) is 25.4 Å². The number of aromatic amines is 1. The average molecular weight is 617 g/mol. The van der Waals surface area contributed by atoms with Crippen LogP contribution < -0.4 is 15.5 Å². The van der Waals surface area contributed by atoms with Gasteiger partial charge in [0, 0.05) is 35.9 Å². The molecular formula is C30H27Cl2N9O2. The van der Waals surface area contributed by atoms with Crippen molar-refractivity contribution in [1.82, 2.24) is 35.7 Å². The number of hydrogen-bond acceptors (Lipinski definition) is 7. The number of anilines is 2. The van der Waals surface area contributed by atoms with Crippen molar-refractivity contribution in [2.24, 2.45) is 0 Å². The van der Waals surface area contributed by atoms with Crippen LogP contribution in [0.5, 0.6) is 0 Å². The van der Waals surface area contributed by atoms with Crippen molar-refractivity contribution in [3.8, 4) is 11.3 Å². The zero-order valence-electron chi connectivity index (χ0n) is 22.9. The summed E-state index contributed by atoms with van der Waals surface area (Å²) < 4.78 is 1.67. The molecule has 43 heavy (non-hydrogen) atoms. The van der Waals surface area contributed by atoms with Crippen LogP contribution in [0.15, 0.2) is 78.9 Å². The number of aromatic nitrogens is 6. The number of carbonyl (C=O) groups excluding carboxylic acids is 2. The fourth-order valence-corrected chi connectivity index (χ4v) is 5.32. The summed E-state index contributed by atoms with van der Waals surface area (Å²) >= 11 is 12.4. The van der Waals surface area contributed by atoms with Crippen molar-refractivity contribution in [3.05, 3.63) is 106 Å². The van der Waals surface area contributed by atoms with Gasteiger partial charge in [-0.05, 0) is 66.1 Å². The van der Waals surface area contributed by atoms with E-state index in [1.54, 1.807) is 35.0 Å². The Hall–Kier alpha value is -4.74. The summed E-state index contributed by atoms with van der Waals surface area (Å²) in [5.74, 6) is -0.484. The van der Waals surface area contributed by atoms with Crippen LogP contribution in [0.3, 0.4) is 0 Å². The quantitative estimate of drug-likeness (QED) is 0.222. The fourth-order valence-electron chi connectivity index (χ4n) is 5.02. The Morgan fingerprint density at radius 3 is 2.37 bits per heavy atom. The van der Waals surface area contributed by atoms with Crippen molar-refractivity contribution >= 4 is 46.7 Å². The zero-order chi connectivity index (χ0) is 29.8. The van der Waals surface area contributed by atoms with E-state index in [1.165, 1.54) is 5.69 Å². The third kappa shape index (κ3) is 6.68. The molecule has 0 atom stereocenters. The molecule has 0 bridgehead atoms. The van der Waals surface area contributed by atoms with E-state index in [4.69, 9.17) is 28.3 Å². The van der Waals surface area contributed by atoms with Crippen LogP contribution in [0.25, 0.3) is 11.3 Å². The third-order valence-corrected chi connectivity index (χ3v) is 8.04. The maximum Gasteiger partial charge on any atom is 0.270 e. The predicted octanol–water partition coefficient (Wildman–Crippen LogP) is 5.07. The van der Waals surface area contributed by atoms with Gasteiger partial charge in [-0.2, -0.15) is 10.3 Å². The Bertz CT molecular complexity index is 1720. The van der Waals surface area contributed by atoms with Crippen LogP contribution in [0, 0.1) is 0 Å². The standard InChI is InChI=1S/C30H27Cl2N9O2/c31-24-11-10-21(16-25(24)32)26-17-27(29(43)33-22-12-14-40(15-13-22)23-4-2-1-3-5-23)41(37-26)18-19-6-8-20(9-7-19)28(42)34-30-35-38-39-36-30/h1-11,16-17,22H,12-15,18H2,(H,33,43)(H2,34,35,36,38,39,42). The molecule has 2 amide bonds. The van der Waals surface area contributed by atoms with Gasteiger partial charge in [-0.3, -0.25) is 19.6 Å². The van der Waals surface area contributed by atoms with Crippen LogP contribution in [-0.2, 0) is 6.54 Å². The van der Waals surface area contributed by atoms with Gasteiger partial charge >= 0.3 is 0 Å². The number of rotatable bonds is 8. The first-order chi connectivity index (χ1) is 20.9. The molecule has 3 heterocycles. The summed E-state index contributed by atoms with van der Waals surface area (Å²) in [5, 5.41) is 24.6. The van der Waals surface area contributed by atoms with E-state index in [9.17, 15) is 9.59 Å². The SMILES string of the molecule is O=C(Nc1nn[nH]n1)c1ccc(Cn2nc(-c3ccc(Cl)c(Cl)c3)cc2C(=O)NC2CCN(c3ccccc3)CC2)cc1. The molecule has 5 aromatic rings. The third-order valence-electron chi connectivity index (χ3n) is 7.30. The minimum Gasteiger partial charge on any atom is -0.371 e. The molecule has 2 aromatic heterocycles. The highest BCUT2D eigenvalue weighted by Crippen LogP contribution is 2.29. The number of tetrazole rings is 1. The Morgan fingerprint density at radius 2 is 1.67 bits per heavy atom. The number of nitrogens with one attached hydrogen (secondary N) is 3. The minimum absolute atomic E-state index is 0.0428. The van der Waals surface area contributed by atoms with Crippen LogP contribution in [0.1, 0.15) is 39.3 Å². The van der Waals surface area contributed by atoms with Crippen LogP contribution in [0.4, 0.5) is 11.6 Å². The molecule has 13 heteroatoms. The molecule has 0 spiro atoms. The number of amides is 2. The summed E-state index contributed by atoms with van der Waals surface area (Å²) in [7, 11) is 0. The second-order valence-electron chi connectivity index (χ2n) is 10.2. The Labute approximate surface area is 257 Å². The molecule has 0 radical (unpaired) electrons. The maximum atomic E-state index is 13.6. The molecule has 11 nitrogen and oxygen atoms in total. The van der Waals surface area contributed by atoms with E-state index < -0.39 is 0 Å². The van der Waals surface area contributed by atoms with Gasteiger partial charge in [0.1, 0.15) is 5.69 Å². The van der Waals surface area contributed by atoms with Crippen molar-refractivity contribution < 1.29 is 9.59 Å². The molecule has 1 aliphatic heterocycles. The highest BCUT2D eigenvalue weighted by molar-refractivity contribution is 6.42. The molecule has 1 aliphatic rings. The van der Waals surface area contributed by atoms with Gasteiger partial charge in [-0.25, -0.2) is 0 Å². The molecule has 0 unspecified atom stereocenters. The van der Waals surface area contributed by atoms with Crippen molar-refractivity contribution in [3.63, 3.8) is 0 Å². The monoisotopic (exact) mass is 615 g/mol. The first kappa shape index (κ1) is 28.4. The van der Waals surface area contributed by atoms with E-state index in [0.717, 1.165) is 37.1 Å². The summed E-state index contributed by atoms with van der Waals surface area (Å²) in [5.41, 5.74) is 4.22. The number of nitrogens with zero attached hydrogens (tertiary/aromatic N) is 6. The zero-order valence-corrected chi connectivity index (χ0v) is 24.4. The highest BCUT2D eigenvalue weighted by atomic mass is 35.5. The molecule has 3 N–H and O–H groups in total. The second kappa shape index (κ2) is 12.6. The number of halogens is 2. The number of benzene rings is 3. The second-order valence-corrected chi connectivity index (χ2v) is 11.0. The van der Waals surface area contributed by atoms with Crippen molar-refractivity contribution in [2.75, 3.05) is 23.3 Å². The predicted molar refractivity (Wildman–Crippen MR) is 165 cm³/mol. The van der Waals surface area contributed by atoms with E-state index in [0.29, 0.717) is 33.5 Å². The first-order valence-electron chi connectivity index (χ1n) is 13.7. The number of hydrogen-bond donors (Lipinski definition) is 3. The van der Waals surface area contributed by atoms with Crippen molar-refractivity contribution in [1.29, 1.82) is 0 Å². The lowest BCUT2D eigenvalue weighted by Gasteiger charge is -2.34. The van der Waals surface area contributed by atoms with Gasteiger partial charge < -0.3 is 10.2 Å². The van der Waals surface area contributed by atoms with Crippen LogP contribution in [0.2, 0.25) is 10.0 Å². The lowest BCUT2D eigenvalue weighted by atomic mass is 10.0. The molecule has 0 saturated carbocycles. The first-order valence-corrected chi connectivity index (χ1v) is 14.5. The average Bonchev–Trinajstić information content (AvgIpc) is 3.70. The molecule has 3 aromatic carbocycles. The van der Waals surface area contributed by atoms with E-state index in [2.05, 4.69) is 48.3 Å². The number of para-hydroxylation sites is 1. The Balaban J connectivity index is 1.19. The van der Waals surface area contributed by atoms with Gasteiger partial charge in [0.15, 0.2) is 0 Å². The summed E-state index contributed by atoms with van der Waals surface area (Å²) in [6, 6.07) is 24.4. The van der Waals surface area contributed by atoms with Gasteiger partial charge in [0.25, 0.3) is 17.8 Å². The van der Waals surface area contributed by atoms with Gasteiger partial charge in [0.05, 0.1) is 22.3 Å². The molecule has 1 fully saturated rings. The number of piperidine rings is 1. The topological polar surface area (TPSA) is 134 Å². The largest absolute Gasteiger partial charge is 0.371 e. The van der Waals surface area contributed by atoms with Crippen LogP contribution >= 0.6 is 23.2 Å². The van der Waals surface area contributed by atoms with E-state index in [-0.39, 0.29) is 23.8 Å². The summed E-state index contributed by atoms with van der Waals surface area (Å²) in [6.07, 6.45) is 1.67. The van der Waals surface area contributed by atoms with Gasteiger partial charge in [0.2, 0.25) is 0 Å². The Kier molecular flexibility index (Phi) is 8.34. The fraction of sp³-hybridized carbons (Fsp3) is 0.200. The maximum absolute atomic E-state index is 13.6. The molecule has 6 rings (SSSR count). The molecular weight excluding hydrogens is 589 g/mol. The number of H-pyrrole nitrogens is 1. The number of carbonyl (C=O) groups is 2.